The van der Waals surface area contributed by atoms with Gasteiger partial charge in [-0.25, -0.2) is 8.89 Å². The summed E-state index contributed by atoms with van der Waals surface area (Å²) in [4.78, 5) is 12.9. The zero-order valence-corrected chi connectivity index (χ0v) is 17.7. The van der Waals surface area contributed by atoms with E-state index in [1.807, 2.05) is 6.92 Å². The number of ketones is 1. The highest BCUT2D eigenvalue weighted by Gasteiger charge is 2.24. The predicted molar refractivity (Wildman–Crippen MR) is 108 cm³/mol. The molecule has 1 aromatic heterocycles. The third-order valence-corrected chi connectivity index (χ3v) is 7.75. The third kappa shape index (κ3) is 3.89. The van der Waals surface area contributed by atoms with Crippen LogP contribution in [0.2, 0.25) is 0 Å². The van der Waals surface area contributed by atoms with Crippen molar-refractivity contribution in [1.29, 1.82) is 0 Å². The maximum absolute atomic E-state index is 13.1. The fraction of sp³-hybridized carbons (Fsp3) is 0.444. The number of carbonyl (C=O) groups excluding carboxylic acids is 1. The lowest BCUT2D eigenvalue weighted by atomic mass is 10.0. The number of ether oxygens (including phenoxy) is 1. The molecule has 0 aliphatic carbocycles. The van der Waals surface area contributed by atoms with Crippen LogP contribution in [0.1, 0.15) is 42.1 Å². The highest BCUT2D eigenvalue weighted by atomic mass is 79.9. The van der Waals surface area contributed by atoms with Crippen LogP contribution in [0.5, 0.6) is 11.6 Å². The number of carbonyl (C=O) groups is 1. The maximum Gasteiger partial charge on any atom is 0.220 e. The Morgan fingerprint density at radius 3 is 2.63 bits per heavy atom. The lowest BCUT2D eigenvalue weighted by molar-refractivity contribution is 0.103. The van der Waals surface area contributed by atoms with Gasteiger partial charge in [-0.05, 0) is 47.8 Å². The van der Waals surface area contributed by atoms with E-state index in [0.717, 1.165) is 19.3 Å². The van der Waals surface area contributed by atoms with E-state index < -0.39 is 15.5 Å². The van der Waals surface area contributed by atoms with Crippen molar-refractivity contribution in [3.05, 3.63) is 33.9 Å². The molecule has 2 heterocycles. The second-order valence-corrected chi connectivity index (χ2v) is 9.67. The van der Waals surface area contributed by atoms with Gasteiger partial charge in [-0.2, -0.15) is 9.46 Å². The minimum absolute atomic E-state index is 0.107. The van der Waals surface area contributed by atoms with Crippen molar-refractivity contribution in [2.45, 2.75) is 32.7 Å². The first-order valence-corrected chi connectivity index (χ1v) is 11.4. The SMILES string of the molecule is CCn1ncc(C(=O)c2ccc(OC)c(N=S3(=O)CCCCC3)c2Br)c1O. The van der Waals surface area contributed by atoms with Gasteiger partial charge in [0.25, 0.3) is 0 Å². The van der Waals surface area contributed by atoms with Crippen LogP contribution >= 0.6 is 15.9 Å². The molecule has 0 unspecified atom stereocenters. The summed E-state index contributed by atoms with van der Waals surface area (Å²) >= 11 is 3.44. The van der Waals surface area contributed by atoms with Crippen molar-refractivity contribution in [1.82, 2.24) is 9.78 Å². The van der Waals surface area contributed by atoms with Gasteiger partial charge >= 0.3 is 0 Å². The average Bonchev–Trinajstić information content (AvgIpc) is 3.03. The van der Waals surface area contributed by atoms with Crippen molar-refractivity contribution in [3.8, 4) is 11.6 Å². The van der Waals surface area contributed by atoms with Gasteiger partial charge in [-0.15, -0.1) is 0 Å². The average molecular weight is 456 g/mol. The Morgan fingerprint density at radius 2 is 2.04 bits per heavy atom. The molecule has 1 aromatic carbocycles. The van der Waals surface area contributed by atoms with Crippen LogP contribution in [-0.2, 0) is 16.3 Å². The topological polar surface area (TPSA) is 93.8 Å². The molecule has 1 aliphatic rings. The van der Waals surface area contributed by atoms with E-state index in [4.69, 9.17) is 4.74 Å². The Bertz CT molecular complexity index is 981. The maximum atomic E-state index is 13.1. The number of nitrogens with zero attached hydrogens (tertiary/aromatic N) is 3. The summed E-state index contributed by atoms with van der Waals surface area (Å²) in [6.07, 6.45) is 4.16. The van der Waals surface area contributed by atoms with Crippen LogP contribution in [-0.4, -0.2) is 43.5 Å². The van der Waals surface area contributed by atoms with Gasteiger partial charge in [0.15, 0.2) is 0 Å². The molecule has 2 aromatic rings. The van der Waals surface area contributed by atoms with Gasteiger partial charge in [-0.1, -0.05) is 6.42 Å². The normalized spacial score (nSPS) is 16.1. The summed E-state index contributed by atoms with van der Waals surface area (Å²) in [5, 5.41) is 14.2. The highest BCUT2D eigenvalue weighted by molar-refractivity contribution is 9.10. The molecule has 1 N–H and O–H groups in total. The first-order chi connectivity index (χ1) is 12.9. The van der Waals surface area contributed by atoms with Crippen LogP contribution < -0.4 is 4.74 Å². The molecule has 1 saturated heterocycles. The van der Waals surface area contributed by atoms with Crippen LogP contribution in [0.15, 0.2) is 27.2 Å². The number of hydrogen-bond acceptors (Lipinski definition) is 6. The summed E-state index contributed by atoms with van der Waals surface area (Å²) in [5.41, 5.74) is 0.785. The van der Waals surface area contributed by atoms with Crippen LogP contribution in [0.25, 0.3) is 0 Å². The van der Waals surface area contributed by atoms with Gasteiger partial charge in [0.1, 0.15) is 17.0 Å². The molecular weight excluding hydrogens is 434 g/mol. The minimum atomic E-state index is -2.38. The molecule has 0 radical (unpaired) electrons. The molecule has 9 heteroatoms. The largest absolute Gasteiger partial charge is 0.494 e. The van der Waals surface area contributed by atoms with Gasteiger partial charge in [0.05, 0.1) is 27.5 Å². The highest BCUT2D eigenvalue weighted by Crippen LogP contribution is 2.40. The second kappa shape index (κ2) is 8.02. The Labute approximate surface area is 167 Å². The summed E-state index contributed by atoms with van der Waals surface area (Å²) in [7, 11) is -0.869. The van der Waals surface area contributed by atoms with E-state index in [1.165, 1.54) is 18.0 Å². The molecule has 0 amide bonds. The summed E-state index contributed by atoms with van der Waals surface area (Å²) < 4.78 is 24.7. The first kappa shape index (κ1) is 19.9. The smallest absolute Gasteiger partial charge is 0.220 e. The van der Waals surface area contributed by atoms with Crippen molar-refractivity contribution in [2.24, 2.45) is 4.36 Å². The number of hydrogen-bond donors (Lipinski definition) is 1. The number of aromatic hydroxyl groups is 1. The Hall–Kier alpha value is -1.87. The van der Waals surface area contributed by atoms with Gasteiger partial charge in [0.2, 0.25) is 11.7 Å². The zero-order chi connectivity index (χ0) is 19.6. The second-order valence-electron chi connectivity index (χ2n) is 6.34. The van der Waals surface area contributed by atoms with Gasteiger partial charge < -0.3 is 9.84 Å². The molecule has 0 saturated carbocycles. The molecule has 27 heavy (non-hydrogen) atoms. The summed E-state index contributed by atoms with van der Waals surface area (Å²) in [5.74, 6) is 0.967. The molecular formula is C18H22BrN3O4S. The molecule has 1 aliphatic heterocycles. The number of aromatic nitrogens is 2. The third-order valence-electron chi connectivity index (χ3n) is 4.58. The van der Waals surface area contributed by atoms with E-state index in [0.29, 0.717) is 39.5 Å². The molecule has 1 fully saturated rings. The molecule has 0 bridgehead atoms. The summed E-state index contributed by atoms with van der Waals surface area (Å²) in [6, 6.07) is 3.23. The Kier molecular flexibility index (Phi) is 5.90. The molecule has 0 atom stereocenters. The number of halogens is 1. The van der Waals surface area contributed by atoms with E-state index in [2.05, 4.69) is 25.4 Å². The van der Waals surface area contributed by atoms with Crippen LogP contribution in [0.4, 0.5) is 5.69 Å². The zero-order valence-electron chi connectivity index (χ0n) is 15.3. The van der Waals surface area contributed by atoms with Crippen molar-refractivity contribution < 1.29 is 18.8 Å². The lowest BCUT2D eigenvalue weighted by Gasteiger charge is -2.17. The number of benzene rings is 1. The molecule has 3 rings (SSSR count). The van der Waals surface area contributed by atoms with E-state index in [9.17, 15) is 14.1 Å². The number of rotatable bonds is 5. The van der Waals surface area contributed by atoms with Crippen molar-refractivity contribution >= 4 is 37.1 Å². The fourth-order valence-electron chi connectivity index (χ4n) is 3.08. The van der Waals surface area contributed by atoms with E-state index in [1.54, 1.807) is 12.1 Å². The minimum Gasteiger partial charge on any atom is -0.494 e. The molecule has 146 valence electrons. The lowest BCUT2D eigenvalue weighted by Crippen LogP contribution is -2.16. The standard InChI is InChI=1S/C18H22BrN3O4S/c1-3-22-18(24)13(11-20-22)17(23)12-7-8-14(26-2)16(15(12)19)21-27(25)9-5-4-6-10-27/h7-8,11,24H,3-6,9-10H2,1-2H3. The van der Waals surface area contributed by atoms with Crippen LogP contribution in [0.3, 0.4) is 0 Å². The number of aryl methyl sites for hydroxylation is 1. The monoisotopic (exact) mass is 455 g/mol. The van der Waals surface area contributed by atoms with Crippen LogP contribution in [0, 0.1) is 0 Å². The van der Waals surface area contributed by atoms with Gasteiger partial charge in [-0.3, -0.25) is 4.79 Å². The van der Waals surface area contributed by atoms with Crippen molar-refractivity contribution in [2.75, 3.05) is 18.6 Å². The Morgan fingerprint density at radius 1 is 1.33 bits per heavy atom. The van der Waals surface area contributed by atoms with Gasteiger partial charge in [0, 0.05) is 23.6 Å². The van der Waals surface area contributed by atoms with E-state index in [-0.39, 0.29) is 11.4 Å². The number of methoxy groups -OCH3 is 1. The predicted octanol–water partition coefficient (Wildman–Crippen LogP) is 3.89. The van der Waals surface area contributed by atoms with Crippen molar-refractivity contribution in [3.63, 3.8) is 0 Å². The fourth-order valence-corrected chi connectivity index (χ4v) is 6.00. The van der Waals surface area contributed by atoms with E-state index >= 15 is 0 Å². The molecule has 7 nitrogen and oxygen atoms in total. The first-order valence-electron chi connectivity index (χ1n) is 8.78. The quantitative estimate of drug-likeness (QED) is 0.689. The summed E-state index contributed by atoms with van der Waals surface area (Å²) in [6.45, 7) is 2.27. The molecule has 0 spiro atoms. The Balaban J connectivity index is 2.10.